The summed E-state index contributed by atoms with van der Waals surface area (Å²) in [6, 6.07) is 17.8. The third-order valence-electron chi connectivity index (χ3n) is 4.97. The van der Waals surface area contributed by atoms with Gasteiger partial charge < -0.3 is 9.47 Å². The Balaban J connectivity index is 1.65. The first-order valence-corrected chi connectivity index (χ1v) is 12.4. The number of carbonyl (C=O) groups is 1. The van der Waals surface area contributed by atoms with Gasteiger partial charge in [-0.1, -0.05) is 46.3 Å². The van der Waals surface area contributed by atoms with Crippen LogP contribution in [0.5, 0.6) is 11.5 Å². The summed E-state index contributed by atoms with van der Waals surface area (Å²) >= 11 is 5.67. The van der Waals surface area contributed by atoms with Gasteiger partial charge in [0.25, 0.3) is 0 Å². The molecule has 3 aromatic rings. The molecule has 0 spiro atoms. The van der Waals surface area contributed by atoms with Crippen molar-refractivity contribution < 1.29 is 14.3 Å². The van der Waals surface area contributed by atoms with Gasteiger partial charge in [0.05, 0.1) is 22.8 Å². The fraction of sp³-hybridized carbons (Fsp3) is 0.231. The fourth-order valence-corrected chi connectivity index (χ4v) is 4.16. The molecule has 0 saturated carbocycles. The number of rotatable bonds is 9. The highest BCUT2D eigenvalue weighted by molar-refractivity contribution is 14.1. The normalized spacial score (nSPS) is 10.9. The van der Waals surface area contributed by atoms with Gasteiger partial charge in [-0.2, -0.15) is 5.10 Å². The molecule has 7 heteroatoms. The maximum Gasteiger partial charge on any atom is 0.244 e. The van der Waals surface area contributed by atoms with Gasteiger partial charge in [-0.15, -0.1) is 0 Å². The van der Waals surface area contributed by atoms with Crippen molar-refractivity contribution in [3.63, 3.8) is 0 Å². The Morgan fingerprint density at radius 1 is 1.03 bits per heavy atom. The maximum atomic E-state index is 12.3. The largest absolute Gasteiger partial charge is 0.490 e. The molecule has 1 N–H and O–H groups in total. The molecule has 3 aromatic carbocycles. The van der Waals surface area contributed by atoms with Crippen molar-refractivity contribution in [3.8, 4) is 11.5 Å². The molecule has 3 rings (SSSR count). The molecule has 0 aliphatic carbocycles. The third-order valence-corrected chi connectivity index (χ3v) is 6.30. The van der Waals surface area contributed by atoms with Crippen molar-refractivity contribution in [2.75, 3.05) is 6.61 Å². The lowest BCUT2D eigenvalue weighted by Crippen LogP contribution is -2.19. The molecule has 1 amide bonds. The van der Waals surface area contributed by atoms with Crippen LogP contribution in [-0.2, 0) is 17.8 Å². The standard InChI is InChI=1S/C26H26BrIN2O3/c1-4-32-24-13-21(12-23(28)26(24)33-16-19-7-9-22(27)10-8-19)15-29-30-25(31)14-20-6-5-17(2)18(3)11-20/h5-13,15H,4,14,16H2,1-3H3,(H,30,31)/b29-15-. The van der Waals surface area contributed by atoms with E-state index in [1.807, 2.05) is 68.4 Å². The summed E-state index contributed by atoms with van der Waals surface area (Å²) in [6.07, 6.45) is 1.89. The minimum Gasteiger partial charge on any atom is -0.490 e. The van der Waals surface area contributed by atoms with Gasteiger partial charge in [-0.25, -0.2) is 5.43 Å². The Morgan fingerprint density at radius 2 is 1.76 bits per heavy atom. The Morgan fingerprint density at radius 3 is 2.45 bits per heavy atom. The zero-order chi connectivity index (χ0) is 23.8. The van der Waals surface area contributed by atoms with Gasteiger partial charge in [0.1, 0.15) is 6.61 Å². The zero-order valence-corrected chi connectivity index (χ0v) is 22.6. The quantitative estimate of drug-likeness (QED) is 0.173. The SMILES string of the molecule is CCOc1cc(/C=N\NC(=O)Cc2ccc(C)c(C)c2)cc(I)c1OCc1ccc(Br)cc1. The number of carbonyl (C=O) groups excluding carboxylic acids is 1. The average molecular weight is 621 g/mol. The van der Waals surface area contributed by atoms with E-state index in [1.165, 1.54) is 11.1 Å². The van der Waals surface area contributed by atoms with Crippen LogP contribution in [0, 0.1) is 17.4 Å². The van der Waals surface area contributed by atoms with Crippen LogP contribution in [0.2, 0.25) is 0 Å². The second-order valence-electron chi connectivity index (χ2n) is 7.57. The van der Waals surface area contributed by atoms with Crippen molar-refractivity contribution in [1.29, 1.82) is 0 Å². The zero-order valence-electron chi connectivity index (χ0n) is 18.8. The Kier molecular flexibility index (Phi) is 9.31. The minimum atomic E-state index is -0.163. The van der Waals surface area contributed by atoms with Crippen LogP contribution >= 0.6 is 38.5 Å². The molecular formula is C26H26BrIN2O3. The van der Waals surface area contributed by atoms with E-state index in [0.29, 0.717) is 24.7 Å². The lowest BCUT2D eigenvalue weighted by atomic mass is 10.0. The van der Waals surface area contributed by atoms with Crippen LogP contribution < -0.4 is 14.9 Å². The molecule has 172 valence electrons. The molecule has 0 heterocycles. The van der Waals surface area contributed by atoms with E-state index in [4.69, 9.17) is 9.47 Å². The van der Waals surface area contributed by atoms with Crippen molar-refractivity contribution in [3.05, 3.63) is 90.5 Å². The highest BCUT2D eigenvalue weighted by Gasteiger charge is 2.12. The Bertz CT molecular complexity index is 1150. The molecule has 5 nitrogen and oxygen atoms in total. The van der Waals surface area contributed by atoms with Gasteiger partial charge in [0, 0.05) is 4.47 Å². The molecule has 33 heavy (non-hydrogen) atoms. The van der Waals surface area contributed by atoms with E-state index in [0.717, 1.165) is 24.7 Å². The molecule has 0 fully saturated rings. The van der Waals surface area contributed by atoms with Crippen LogP contribution in [0.25, 0.3) is 0 Å². The summed E-state index contributed by atoms with van der Waals surface area (Å²) in [4.78, 5) is 12.3. The lowest BCUT2D eigenvalue weighted by Gasteiger charge is -2.15. The van der Waals surface area contributed by atoms with Crippen LogP contribution in [-0.4, -0.2) is 18.7 Å². The molecule has 0 saturated heterocycles. The number of hydrogen-bond acceptors (Lipinski definition) is 4. The van der Waals surface area contributed by atoms with E-state index in [2.05, 4.69) is 56.0 Å². The third kappa shape index (κ3) is 7.57. The van der Waals surface area contributed by atoms with E-state index < -0.39 is 0 Å². The van der Waals surface area contributed by atoms with Gasteiger partial charge in [-0.05, 0) is 95.4 Å². The van der Waals surface area contributed by atoms with Crippen LogP contribution in [0.4, 0.5) is 0 Å². The molecule has 0 aliphatic heterocycles. The van der Waals surface area contributed by atoms with E-state index in [9.17, 15) is 4.79 Å². The molecular weight excluding hydrogens is 595 g/mol. The number of nitrogens with zero attached hydrogens (tertiary/aromatic N) is 1. The number of nitrogens with one attached hydrogen (secondary N) is 1. The summed E-state index contributed by atoms with van der Waals surface area (Å²) in [5, 5.41) is 4.12. The first kappa shape index (κ1) is 25.2. The second-order valence-corrected chi connectivity index (χ2v) is 9.64. The number of hydrazone groups is 1. The number of aryl methyl sites for hydroxylation is 2. The van der Waals surface area contributed by atoms with E-state index >= 15 is 0 Å². The highest BCUT2D eigenvalue weighted by Crippen LogP contribution is 2.34. The van der Waals surface area contributed by atoms with E-state index in [1.54, 1.807) is 6.21 Å². The summed E-state index contributed by atoms with van der Waals surface area (Å²) in [6.45, 7) is 6.97. The van der Waals surface area contributed by atoms with E-state index in [-0.39, 0.29) is 12.3 Å². The van der Waals surface area contributed by atoms with Crippen molar-refractivity contribution >= 4 is 50.6 Å². The van der Waals surface area contributed by atoms with Crippen LogP contribution in [0.1, 0.15) is 34.7 Å². The molecule has 0 atom stereocenters. The van der Waals surface area contributed by atoms with Crippen molar-refractivity contribution in [2.24, 2.45) is 5.10 Å². The van der Waals surface area contributed by atoms with Gasteiger partial charge >= 0.3 is 0 Å². The molecule has 0 bridgehead atoms. The first-order valence-electron chi connectivity index (χ1n) is 10.6. The number of amides is 1. The van der Waals surface area contributed by atoms with Crippen LogP contribution in [0.3, 0.4) is 0 Å². The average Bonchev–Trinajstić information content (AvgIpc) is 2.77. The van der Waals surface area contributed by atoms with Gasteiger partial charge in [-0.3, -0.25) is 4.79 Å². The summed E-state index contributed by atoms with van der Waals surface area (Å²) in [5.74, 6) is 1.17. The summed E-state index contributed by atoms with van der Waals surface area (Å²) in [5.41, 5.74) is 7.82. The smallest absolute Gasteiger partial charge is 0.244 e. The number of benzene rings is 3. The fourth-order valence-electron chi connectivity index (χ4n) is 3.12. The highest BCUT2D eigenvalue weighted by atomic mass is 127. The monoisotopic (exact) mass is 620 g/mol. The van der Waals surface area contributed by atoms with Gasteiger partial charge in [0.15, 0.2) is 11.5 Å². The Labute approximate surface area is 216 Å². The lowest BCUT2D eigenvalue weighted by molar-refractivity contribution is -0.120. The maximum absolute atomic E-state index is 12.3. The molecule has 0 radical (unpaired) electrons. The summed E-state index contributed by atoms with van der Waals surface area (Å²) < 4.78 is 13.8. The predicted molar refractivity (Wildman–Crippen MR) is 144 cm³/mol. The molecule has 0 unspecified atom stereocenters. The number of hydrogen-bond donors (Lipinski definition) is 1. The van der Waals surface area contributed by atoms with Crippen LogP contribution in [0.15, 0.2) is 64.2 Å². The van der Waals surface area contributed by atoms with Crippen molar-refractivity contribution in [1.82, 2.24) is 5.43 Å². The number of ether oxygens (including phenoxy) is 2. The number of halogens is 2. The Hall–Kier alpha value is -2.39. The van der Waals surface area contributed by atoms with Crippen molar-refractivity contribution in [2.45, 2.75) is 33.8 Å². The minimum absolute atomic E-state index is 0.163. The first-order chi connectivity index (χ1) is 15.9. The predicted octanol–water partition coefficient (Wildman–Crippen LogP) is 6.34. The molecule has 0 aliphatic rings. The molecule has 0 aromatic heterocycles. The summed E-state index contributed by atoms with van der Waals surface area (Å²) in [7, 11) is 0. The topological polar surface area (TPSA) is 59.9 Å². The second kappa shape index (κ2) is 12.2. The van der Waals surface area contributed by atoms with Gasteiger partial charge in [0.2, 0.25) is 5.91 Å².